The molecule has 4 nitrogen and oxygen atoms in total. The van der Waals surface area contributed by atoms with Gasteiger partial charge in [0.25, 0.3) is 5.91 Å². The molecule has 0 spiro atoms. The molecule has 0 bridgehead atoms. The van der Waals surface area contributed by atoms with Crippen LogP contribution < -0.4 is 5.32 Å². The van der Waals surface area contributed by atoms with Crippen molar-refractivity contribution in [1.82, 2.24) is 10.2 Å². The predicted molar refractivity (Wildman–Crippen MR) is 63.8 cm³/mol. The maximum atomic E-state index is 11.6. The minimum Gasteiger partial charge on any atom is -0.452 e. The first-order chi connectivity index (χ1) is 7.69. The van der Waals surface area contributed by atoms with E-state index in [4.69, 9.17) is 16.0 Å². The van der Waals surface area contributed by atoms with Gasteiger partial charge in [-0.2, -0.15) is 0 Å². The molecular weight excluding hydrogens is 228 g/mol. The summed E-state index contributed by atoms with van der Waals surface area (Å²) in [5.74, 6) is -0.189. The first-order valence-electron chi connectivity index (χ1n) is 5.42. The average molecular weight is 245 g/mol. The summed E-state index contributed by atoms with van der Waals surface area (Å²) in [4.78, 5) is 13.8. The molecule has 0 aromatic carbocycles. The van der Waals surface area contributed by atoms with Gasteiger partial charge in [-0.3, -0.25) is 4.79 Å². The molecule has 1 amide bonds. The minimum atomic E-state index is -0.189. The standard InChI is InChI=1S/C11H17ClN2O2/c1-3-14(4-2)7-6-13-11(15)9-5-8-16-10(9)12/h5,8H,3-4,6-7H2,1-2H3,(H,13,15). The van der Waals surface area contributed by atoms with Crippen molar-refractivity contribution in [2.24, 2.45) is 0 Å². The Balaban J connectivity index is 2.34. The van der Waals surface area contributed by atoms with Gasteiger partial charge in [0, 0.05) is 13.1 Å². The van der Waals surface area contributed by atoms with Gasteiger partial charge in [-0.25, -0.2) is 0 Å². The number of likely N-dealkylation sites (N-methyl/N-ethyl adjacent to an activating group) is 1. The van der Waals surface area contributed by atoms with E-state index in [-0.39, 0.29) is 11.1 Å². The Morgan fingerprint density at radius 3 is 2.69 bits per heavy atom. The normalized spacial score (nSPS) is 10.8. The smallest absolute Gasteiger partial charge is 0.256 e. The lowest BCUT2D eigenvalue weighted by molar-refractivity contribution is 0.0948. The van der Waals surface area contributed by atoms with Crippen LogP contribution in [0.4, 0.5) is 0 Å². The Bertz CT molecular complexity index is 334. The third-order valence-corrected chi connectivity index (χ3v) is 2.76. The highest BCUT2D eigenvalue weighted by Gasteiger charge is 2.12. The monoisotopic (exact) mass is 244 g/mol. The number of hydrogen-bond acceptors (Lipinski definition) is 3. The lowest BCUT2D eigenvalue weighted by Crippen LogP contribution is -2.34. The van der Waals surface area contributed by atoms with Crippen molar-refractivity contribution in [3.63, 3.8) is 0 Å². The van der Waals surface area contributed by atoms with Crippen molar-refractivity contribution in [3.05, 3.63) is 23.1 Å². The molecule has 0 unspecified atom stereocenters. The van der Waals surface area contributed by atoms with Crippen LogP contribution in [0.3, 0.4) is 0 Å². The third-order valence-electron chi connectivity index (χ3n) is 2.47. The molecule has 1 N–H and O–H groups in total. The first-order valence-corrected chi connectivity index (χ1v) is 5.80. The van der Waals surface area contributed by atoms with Gasteiger partial charge in [0.1, 0.15) is 0 Å². The number of furan rings is 1. The summed E-state index contributed by atoms with van der Waals surface area (Å²) >= 11 is 5.69. The van der Waals surface area contributed by atoms with Crippen LogP contribution in [-0.2, 0) is 0 Å². The zero-order chi connectivity index (χ0) is 12.0. The Hall–Kier alpha value is -1.00. The van der Waals surface area contributed by atoms with E-state index in [0.29, 0.717) is 12.1 Å². The predicted octanol–water partition coefficient (Wildman–Crippen LogP) is 2.00. The summed E-state index contributed by atoms with van der Waals surface area (Å²) < 4.78 is 4.85. The number of rotatable bonds is 6. The summed E-state index contributed by atoms with van der Waals surface area (Å²) in [7, 11) is 0. The van der Waals surface area contributed by atoms with E-state index in [0.717, 1.165) is 19.6 Å². The topological polar surface area (TPSA) is 45.5 Å². The quantitative estimate of drug-likeness (QED) is 0.833. The van der Waals surface area contributed by atoms with Crippen molar-refractivity contribution in [3.8, 4) is 0 Å². The highest BCUT2D eigenvalue weighted by atomic mass is 35.5. The number of carbonyl (C=O) groups is 1. The van der Waals surface area contributed by atoms with Crippen LogP contribution in [0, 0.1) is 0 Å². The molecule has 1 aromatic heterocycles. The summed E-state index contributed by atoms with van der Waals surface area (Å²) in [6.07, 6.45) is 1.40. The van der Waals surface area contributed by atoms with E-state index in [2.05, 4.69) is 24.1 Å². The summed E-state index contributed by atoms with van der Waals surface area (Å²) in [6.45, 7) is 7.62. The van der Waals surface area contributed by atoms with Crippen LogP contribution >= 0.6 is 11.6 Å². The molecule has 0 saturated heterocycles. The fraction of sp³-hybridized carbons (Fsp3) is 0.545. The van der Waals surface area contributed by atoms with Crippen molar-refractivity contribution < 1.29 is 9.21 Å². The zero-order valence-corrected chi connectivity index (χ0v) is 10.4. The molecule has 1 heterocycles. The number of nitrogens with zero attached hydrogens (tertiary/aromatic N) is 1. The molecule has 16 heavy (non-hydrogen) atoms. The number of amides is 1. The summed E-state index contributed by atoms with van der Waals surface area (Å²) in [5, 5.41) is 2.94. The lowest BCUT2D eigenvalue weighted by Gasteiger charge is -2.17. The second kappa shape index (κ2) is 6.55. The Kier molecular flexibility index (Phi) is 5.35. The largest absolute Gasteiger partial charge is 0.452 e. The molecule has 1 rings (SSSR count). The van der Waals surface area contributed by atoms with Crippen LogP contribution in [0.1, 0.15) is 24.2 Å². The highest BCUT2D eigenvalue weighted by Crippen LogP contribution is 2.15. The number of nitrogens with one attached hydrogen (secondary N) is 1. The summed E-state index contributed by atoms with van der Waals surface area (Å²) in [6, 6.07) is 1.56. The van der Waals surface area contributed by atoms with Crippen molar-refractivity contribution in [2.45, 2.75) is 13.8 Å². The molecular formula is C11H17ClN2O2. The van der Waals surface area contributed by atoms with Gasteiger partial charge in [-0.05, 0) is 30.8 Å². The van der Waals surface area contributed by atoms with Crippen LogP contribution in [0.15, 0.2) is 16.7 Å². The van der Waals surface area contributed by atoms with Gasteiger partial charge in [-0.1, -0.05) is 13.8 Å². The van der Waals surface area contributed by atoms with Crippen LogP contribution in [0.25, 0.3) is 0 Å². The van der Waals surface area contributed by atoms with Gasteiger partial charge in [-0.15, -0.1) is 0 Å². The Morgan fingerprint density at radius 1 is 1.50 bits per heavy atom. The molecule has 5 heteroatoms. The number of hydrogen-bond donors (Lipinski definition) is 1. The highest BCUT2D eigenvalue weighted by molar-refractivity contribution is 6.32. The third kappa shape index (κ3) is 3.54. The van der Waals surface area contributed by atoms with E-state index in [1.54, 1.807) is 6.07 Å². The average Bonchev–Trinajstić information content (AvgIpc) is 2.70. The van der Waals surface area contributed by atoms with E-state index in [1.165, 1.54) is 6.26 Å². The van der Waals surface area contributed by atoms with Crippen molar-refractivity contribution in [1.29, 1.82) is 0 Å². The van der Waals surface area contributed by atoms with E-state index >= 15 is 0 Å². The molecule has 0 saturated carbocycles. The molecule has 0 aliphatic rings. The van der Waals surface area contributed by atoms with Crippen LogP contribution in [0.2, 0.25) is 5.22 Å². The molecule has 1 aromatic rings. The van der Waals surface area contributed by atoms with E-state index < -0.39 is 0 Å². The maximum Gasteiger partial charge on any atom is 0.256 e. The zero-order valence-electron chi connectivity index (χ0n) is 9.62. The van der Waals surface area contributed by atoms with Gasteiger partial charge < -0.3 is 14.6 Å². The molecule has 90 valence electrons. The first kappa shape index (κ1) is 13.1. The molecule has 0 fully saturated rings. The van der Waals surface area contributed by atoms with Crippen molar-refractivity contribution in [2.75, 3.05) is 26.2 Å². The molecule has 0 aliphatic heterocycles. The second-order valence-corrected chi connectivity index (χ2v) is 3.73. The van der Waals surface area contributed by atoms with E-state index in [1.807, 2.05) is 0 Å². The SMILES string of the molecule is CCN(CC)CCNC(=O)c1ccoc1Cl. The molecule has 0 radical (unpaired) electrons. The van der Waals surface area contributed by atoms with Gasteiger partial charge in [0.2, 0.25) is 5.22 Å². The molecule has 0 aliphatic carbocycles. The fourth-order valence-electron chi connectivity index (χ4n) is 1.42. The van der Waals surface area contributed by atoms with E-state index in [9.17, 15) is 4.79 Å². The minimum absolute atomic E-state index is 0.139. The van der Waals surface area contributed by atoms with Crippen LogP contribution in [-0.4, -0.2) is 37.0 Å². The lowest BCUT2D eigenvalue weighted by atomic mass is 10.3. The summed E-state index contributed by atoms with van der Waals surface area (Å²) in [5.41, 5.74) is 0.390. The van der Waals surface area contributed by atoms with Crippen molar-refractivity contribution >= 4 is 17.5 Å². The van der Waals surface area contributed by atoms with Gasteiger partial charge >= 0.3 is 0 Å². The Labute approximate surface area is 101 Å². The fourth-order valence-corrected chi connectivity index (χ4v) is 1.62. The number of halogens is 1. The van der Waals surface area contributed by atoms with Gasteiger partial charge in [0.15, 0.2) is 0 Å². The van der Waals surface area contributed by atoms with Gasteiger partial charge in [0.05, 0.1) is 11.8 Å². The molecule has 0 atom stereocenters. The maximum absolute atomic E-state index is 11.6. The van der Waals surface area contributed by atoms with Crippen LogP contribution in [0.5, 0.6) is 0 Å². The Morgan fingerprint density at radius 2 is 2.19 bits per heavy atom. The number of carbonyl (C=O) groups excluding carboxylic acids is 1. The second-order valence-electron chi connectivity index (χ2n) is 3.39.